The number of hydrogen-bond acceptors (Lipinski definition) is 6. The van der Waals surface area contributed by atoms with Crippen LogP contribution in [-0.4, -0.2) is 30.3 Å². The van der Waals surface area contributed by atoms with Crippen molar-refractivity contribution < 1.29 is 36.0 Å². The Labute approximate surface area is 303 Å². The highest BCUT2D eigenvalue weighted by Gasteiger charge is 2.59. The normalized spacial score (nSPS) is 24.6. The number of ether oxygens (including phenoxy) is 2. The summed E-state index contributed by atoms with van der Waals surface area (Å²) in [5.41, 5.74) is 1.16. The number of halogens is 2. The highest BCUT2D eigenvalue weighted by Crippen LogP contribution is 2.62. The lowest BCUT2D eigenvalue weighted by Crippen LogP contribution is -2.53. The molecule has 9 rings (SSSR count). The number of carbonyl (C=O) groups excluding carboxylic acids is 1. The van der Waals surface area contributed by atoms with Crippen LogP contribution in [0.15, 0.2) is 128 Å². The molecule has 1 N–H and O–H groups in total. The fraction of sp³-hybridized carbons (Fsp3) is 0.325. The molecule has 4 saturated carbocycles. The van der Waals surface area contributed by atoms with Gasteiger partial charge >= 0.3 is 21.3 Å². The van der Waals surface area contributed by atoms with Gasteiger partial charge in [-0.15, -0.1) is 0 Å². The smallest absolute Gasteiger partial charge is 0.465 e. The predicted octanol–water partition coefficient (Wildman–Crippen LogP) is 9.45. The molecular formula is C40H37F2O6S3+. The van der Waals surface area contributed by atoms with E-state index in [-0.39, 0.29) is 10.9 Å². The standard InChI is InChI=1S/C40H36F2O6S3/c41-40(42,51(44,45)46)38(43)48-37(39-22-28-19-29(23-39)21-30(20-28)24-39)18-13-26-9-11-27(12-10-26)25-47-31-14-16-32(17-15-31)50-35-7-3-1-5-33(35)49-34-6-2-4-8-36(34)50/h1-18,28-30,37H,19-25H2/p+1/b18-13+. The van der Waals surface area contributed by atoms with E-state index in [1.54, 1.807) is 12.2 Å². The van der Waals surface area contributed by atoms with Gasteiger partial charge in [0.15, 0.2) is 14.7 Å². The summed E-state index contributed by atoms with van der Waals surface area (Å²) >= 11 is 1.81. The molecule has 4 aliphatic carbocycles. The summed E-state index contributed by atoms with van der Waals surface area (Å²) in [6, 6.07) is 33.0. The molecule has 1 heterocycles. The fourth-order valence-corrected chi connectivity index (χ4v) is 12.8. The van der Waals surface area contributed by atoms with E-state index in [1.807, 2.05) is 48.2 Å². The lowest BCUT2D eigenvalue weighted by Gasteiger charge is -2.58. The average molecular weight is 748 g/mol. The van der Waals surface area contributed by atoms with E-state index in [2.05, 4.69) is 60.7 Å². The van der Waals surface area contributed by atoms with Gasteiger partial charge in [0.2, 0.25) is 0 Å². The zero-order chi connectivity index (χ0) is 35.4. The first-order valence-corrected chi connectivity index (χ1v) is 20.6. The topological polar surface area (TPSA) is 89.9 Å². The van der Waals surface area contributed by atoms with Gasteiger partial charge in [0, 0.05) is 5.41 Å². The number of benzene rings is 4. The molecule has 264 valence electrons. The number of rotatable bonds is 10. The second-order valence-electron chi connectivity index (χ2n) is 14.3. The molecule has 4 aromatic rings. The van der Waals surface area contributed by atoms with E-state index in [0.717, 1.165) is 55.4 Å². The highest BCUT2D eigenvalue weighted by atomic mass is 32.2. The number of hydrogen-bond donors (Lipinski definition) is 1. The van der Waals surface area contributed by atoms with Crippen molar-refractivity contribution in [2.45, 2.75) is 81.0 Å². The number of fused-ring (bicyclic) bond motifs is 2. The zero-order valence-electron chi connectivity index (χ0n) is 27.6. The second kappa shape index (κ2) is 13.4. The summed E-state index contributed by atoms with van der Waals surface area (Å²) in [5.74, 6) is -0.194. The summed E-state index contributed by atoms with van der Waals surface area (Å²) in [6.07, 6.45) is 7.74. The summed E-state index contributed by atoms with van der Waals surface area (Å²) in [4.78, 5) is 18.9. The summed E-state index contributed by atoms with van der Waals surface area (Å²) < 4.78 is 71.8. The molecule has 0 amide bonds. The molecule has 0 spiro atoms. The first kappa shape index (κ1) is 34.4. The molecule has 11 heteroatoms. The third-order valence-corrected chi connectivity index (χ3v) is 15.3. The van der Waals surface area contributed by atoms with Crippen molar-refractivity contribution in [3.63, 3.8) is 0 Å². The molecule has 51 heavy (non-hydrogen) atoms. The average Bonchev–Trinajstić information content (AvgIpc) is 3.11. The molecule has 1 aliphatic heterocycles. The molecule has 5 aliphatic rings. The largest absolute Gasteiger partial charge is 0.489 e. The summed E-state index contributed by atoms with van der Waals surface area (Å²) in [6.45, 7) is 0.343. The number of esters is 1. The van der Waals surface area contributed by atoms with Crippen LogP contribution >= 0.6 is 11.8 Å². The van der Waals surface area contributed by atoms with Crippen molar-refractivity contribution in [1.82, 2.24) is 0 Å². The molecular weight excluding hydrogens is 711 g/mol. The maximum atomic E-state index is 14.3. The Morgan fingerprint density at radius 1 is 0.863 bits per heavy atom. The third-order valence-electron chi connectivity index (χ3n) is 10.8. The Bertz CT molecular complexity index is 2000. The van der Waals surface area contributed by atoms with Crippen molar-refractivity contribution >= 4 is 44.8 Å². The highest BCUT2D eigenvalue weighted by molar-refractivity contribution is 8.04. The maximum absolute atomic E-state index is 14.3. The van der Waals surface area contributed by atoms with Crippen LogP contribution in [0.5, 0.6) is 5.75 Å². The van der Waals surface area contributed by atoms with Gasteiger partial charge in [-0.3, -0.25) is 4.55 Å². The minimum Gasteiger partial charge on any atom is -0.489 e. The minimum atomic E-state index is -5.97. The maximum Gasteiger partial charge on any atom is 0.465 e. The van der Waals surface area contributed by atoms with Crippen LogP contribution in [0.2, 0.25) is 0 Å². The Morgan fingerprint density at radius 3 is 1.96 bits per heavy atom. The van der Waals surface area contributed by atoms with Gasteiger partial charge in [0.1, 0.15) is 29.4 Å². The van der Waals surface area contributed by atoms with E-state index in [0.29, 0.717) is 24.4 Å². The Kier molecular flexibility index (Phi) is 9.05. The van der Waals surface area contributed by atoms with Crippen LogP contribution in [0, 0.1) is 23.2 Å². The van der Waals surface area contributed by atoms with Crippen molar-refractivity contribution in [1.29, 1.82) is 0 Å². The second-order valence-corrected chi connectivity index (χ2v) is 18.8. The van der Waals surface area contributed by atoms with Crippen molar-refractivity contribution in [2.75, 3.05) is 0 Å². The number of alkyl halides is 2. The van der Waals surface area contributed by atoms with Gasteiger partial charge < -0.3 is 9.47 Å². The molecule has 4 fully saturated rings. The molecule has 4 aromatic carbocycles. The molecule has 1 unspecified atom stereocenters. The van der Waals surface area contributed by atoms with E-state index in [4.69, 9.17) is 14.0 Å². The first-order chi connectivity index (χ1) is 24.5. The van der Waals surface area contributed by atoms with E-state index >= 15 is 0 Å². The molecule has 4 bridgehead atoms. The molecule has 6 nitrogen and oxygen atoms in total. The SMILES string of the molecule is O=C(OC(/C=C/c1ccc(COc2ccc([S+]3c4ccccc4Sc4ccccc43)cc2)cc1)C12CC3CC(CC(C3)C1)C2)C(F)(F)S(=O)(=O)O. The predicted molar refractivity (Wildman–Crippen MR) is 192 cm³/mol. The van der Waals surface area contributed by atoms with Crippen molar-refractivity contribution in [3.8, 4) is 5.75 Å². The van der Waals surface area contributed by atoms with Crippen molar-refractivity contribution in [2.24, 2.45) is 23.2 Å². The van der Waals surface area contributed by atoms with E-state index in [9.17, 15) is 22.0 Å². The van der Waals surface area contributed by atoms with Crippen LogP contribution in [-0.2, 0) is 37.2 Å². The first-order valence-electron chi connectivity index (χ1n) is 17.1. The summed E-state index contributed by atoms with van der Waals surface area (Å²) in [5, 5.41) is -5.05. The van der Waals surface area contributed by atoms with Crippen LogP contribution in [0.25, 0.3) is 6.08 Å². The van der Waals surface area contributed by atoms with Gasteiger partial charge in [-0.05, 0) is 122 Å². The van der Waals surface area contributed by atoms with Crippen LogP contribution in [0.1, 0.15) is 49.7 Å². The third kappa shape index (κ3) is 6.74. The van der Waals surface area contributed by atoms with E-state index in [1.165, 1.54) is 24.5 Å². The van der Waals surface area contributed by atoms with Gasteiger partial charge in [-0.25, -0.2) is 4.79 Å². The molecule has 1 atom stereocenters. The lowest BCUT2D eigenvalue weighted by molar-refractivity contribution is -0.181. The molecule has 0 radical (unpaired) electrons. The Balaban J connectivity index is 0.953. The fourth-order valence-electron chi connectivity index (χ4n) is 8.84. The van der Waals surface area contributed by atoms with E-state index < -0.39 is 32.9 Å². The van der Waals surface area contributed by atoms with Gasteiger partial charge in [0.25, 0.3) is 0 Å². The monoisotopic (exact) mass is 747 g/mol. The van der Waals surface area contributed by atoms with Gasteiger partial charge in [0.05, 0.1) is 9.79 Å². The van der Waals surface area contributed by atoms with Gasteiger partial charge in [-0.1, -0.05) is 66.4 Å². The summed E-state index contributed by atoms with van der Waals surface area (Å²) in [7, 11) is -6.19. The Hall–Kier alpha value is -3.64. The quantitative estimate of drug-likeness (QED) is 0.0865. The lowest BCUT2D eigenvalue weighted by atomic mass is 9.48. The van der Waals surface area contributed by atoms with Crippen molar-refractivity contribution in [3.05, 3.63) is 114 Å². The zero-order valence-corrected chi connectivity index (χ0v) is 30.1. The molecule has 0 saturated heterocycles. The minimum absolute atomic E-state index is 0.215. The van der Waals surface area contributed by atoms with Gasteiger partial charge in [-0.2, -0.15) is 17.2 Å². The van der Waals surface area contributed by atoms with Crippen LogP contribution in [0.3, 0.4) is 0 Å². The number of carbonyl (C=O) groups is 1. The van der Waals surface area contributed by atoms with Crippen LogP contribution < -0.4 is 4.74 Å². The Morgan fingerprint density at radius 2 is 1.41 bits per heavy atom. The van der Waals surface area contributed by atoms with Crippen LogP contribution in [0.4, 0.5) is 8.78 Å². The molecule has 0 aromatic heterocycles.